The molecule has 2 aliphatic carbocycles. The number of hydrogen-bond donors (Lipinski definition) is 0. The normalized spacial score (nSPS) is 16.1. The zero-order valence-electron chi connectivity index (χ0n) is 13.6. The first-order valence-corrected chi connectivity index (χ1v) is 8.53. The molecule has 0 heterocycles. The SMILES string of the molecule is CCC1=c2ccc3c(c2CCC1)CC=c1cc(C(F)(F)F)ccc1=3. The van der Waals surface area contributed by atoms with Gasteiger partial charge in [-0.15, -0.1) is 0 Å². The molecule has 0 aromatic heterocycles. The lowest BCUT2D eigenvalue weighted by atomic mass is 9.85. The van der Waals surface area contributed by atoms with Crippen molar-refractivity contribution < 1.29 is 13.2 Å². The summed E-state index contributed by atoms with van der Waals surface area (Å²) in [6.07, 6.45) is 2.87. The van der Waals surface area contributed by atoms with E-state index in [9.17, 15) is 13.2 Å². The highest BCUT2D eigenvalue weighted by Gasteiger charge is 2.30. The van der Waals surface area contributed by atoms with Crippen molar-refractivity contribution in [2.24, 2.45) is 0 Å². The minimum atomic E-state index is -4.29. The Kier molecular flexibility index (Phi) is 3.56. The van der Waals surface area contributed by atoms with Crippen LogP contribution in [-0.4, -0.2) is 0 Å². The fourth-order valence-electron chi connectivity index (χ4n) is 4.14. The third-order valence-corrected chi connectivity index (χ3v) is 5.34. The first-order chi connectivity index (χ1) is 11.5. The third kappa shape index (κ3) is 2.38. The monoisotopic (exact) mass is 328 g/mol. The molecule has 2 aliphatic rings. The molecule has 2 aromatic carbocycles. The Hall–Kier alpha value is -2.03. The van der Waals surface area contributed by atoms with E-state index in [0.717, 1.165) is 36.1 Å². The molecule has 0 saturated carbocycles. The lowest BCUT2D eigenvalue weighted by Crippen LogP contribution is -2.23. The number of rotatable bonds is 1. The summed E-state index contributed by atoms with van der Waals surface area (Å²) in [6.45, 7) is 2.20. The molecule has 0 unspecified atom stereocenters. The van der Waals surface area contributed by atoms with E-state index in [1.807, 2.05) is 6.08 Å². The van der Waals surface area contributed by atoms with Gasteiger partial charge in [-0.2, -0.15) is 13.2 Å². The Morgan fingerprint density at radius 3 is 2.42 bits per heavy atom. The highest BCUT2D eigenvalue weighted by molar-refractivity contribution is 5.54. The van der Waals surface area contributed by atoms with Crippen LogP contribution in [0.2, 0.25) is 0 Å². The zero-order chi connectivity index (χ0) is 16.9. The van der Waals surface area contributed by atoms with E-state index < -0.39 is 11.7 Å². The van der Waals surface area contributed by atoms with Crippen molar-refractivity contribution >= 4 is 11.6 Å². The zero-order valence-corrected chi connectivity index (χ0v) is 13.6. The average Bonchev–Trinajstić information content (AvgIpc) is 2.59. The molecule has 4 rings (SSSR count). The van der Waals surface area contributed by atoms with Crippen LogP contribution < -0.4 is 10.4 Å². The second-order valence-corrected chi connectivity index (χ2v) is 6.64. The fraction of sp³-hybridized carbons (Fsp3) is 0.333. The van der Waals surface area contributed by atoms with E-state index in [2.05, 4.69) is 19.1 Å². The summed E-state index contributed by atoms with van der Waals surface area (Å²) in [6, 6.07) is 8.39. The number of hydrogen-bond acceptors (Lipinski definition) is 0. The van der Waals surface area contributed by atoms with Crippen LogP contribution in [0.5, 0.6) is 0 Å². The molecular weight excluding hydrogens is 309 g/mol. The van der Waals surface area contributed by atoms with Crippen molar-refractivity contribution in [3.8, 4) is 0 Å². The van der Waals surface area contributed by atoms with E-state index in [4.69, 9.17) is 0 Å². The second-order valence-electron chi connectivity index (χ2n) is 6.64. The van der Waals surface area contributed by atoms with E-state index >= 15 is 0 Å². The molecule has 24 heavy (non-hydrogen) atoms. The van der Waals surface area contributed by atoms with Crippen molar-refractivity contribution in [2.45, 2.75) is 45.2 Å². The maximum absolute atomic E-state index is 12.9. The number of benzene rings is 2. The summed E-state index contributed by atoms with van der Waals surface area (Å²) < 4.78 is 38.8. The molecule has 0 aliphatic heterocycles. The fourth-order valence-corrected chi connectivity index (χ4v) is 4.14. The van der Waals surface area contributed by atoms with Gasteiger partial charge in [0, 0.05) is 0 Å². The maximum Gasteiger partial charge on any atom is 0.416 e. The number of halogens is 3. The van der Waals surface area contributed by atoms with Gasteiger partial charge in [-0.1, -0.05) is 36.8 Å². The van der Waals surface area contributed by atoms with Crippen LogP contribution in [0.25, 0.3) is 11.6 Å². The van der Waals surface area contributed by atoms with Crippen LogP contribution in [0.4, 0.5) is 13.2 Å². The van der Waals surface area contributed by atoms with Crippen LogP contribution >= 0.6 is 0 Å². The van der Waals surface area contributed by atoms with Crippen molar-refractivity contribution in [2.75, 3.05) is 0 Å². The van der Waals surface area contributed by atoms with Gasteiger partial charge in [0.15, 0.2) is 0 Å². The van der Waals surface area contributed by atoms with Crippen LogP contribution in [-0.2, 0) is 19.0 Å². The van der Waals surface area contributed by atoms with E-state index in [1.165, 1.54) is 40.5 Å². The van der Waals surface area contributed by atoms with Crippen molar-refractivity contribution in [3.05, 3.63) is 67.9 Å². The lowest BCUT2D eigenvalue weighted by Gasteiger charge is -2.20. The number of alkyl halides is 3. The average molecular weight is 328 g/mol. The Morgan fingerprint density at radius 1 is 0.917 bits per heavy atom. The molecule has 3 heteroatoms. The minimum absolute atomic E-state index is 0.569. The van der Waals surface area contributed by atoms with Gasteiger partial charge in [0.1, 0.15) is 0 Å². The van der Waals surface area contributed by atoms with Gasteiger partial charge in [-0.25, -0.2) is 0 Å². The van der Waals surface area contributed by atoms with Crippen LogP contribution in [0.3, 0.4) is 0 Å². The van der Waals surface area contributed by atoms with Crippen molar-refractivity contribution in [1.29, 1.82) is 0 Å². The van der Waals surface area contributed by atoms with Crippen molar-refractivity contribution in [1.82, 2.24) is 0 Å². The van der Waals surface area contributed by atoms with Crippen LogP contribution in [0.1, 0.15) is 42.9 Å². The smallest absolute Gasteiger partial charge is 0.166 e. The van der Waals surface area contributed by atoms with Gasteiger partial charge >= 0.3 is 6.18 Å². The molecule has 0 amide bonds. The maximum atomic E-state index is 12.9. The third-order valence-electron chi connectivity index (χ3n) is 5.34. The molecule has 0 radical (unpaired) electrons. The highest BCUT2D eigenvalue weighted by atomic mass is 19.4. The van der Waals surface area contributed by atoms with Crippen LogP contribution in [0, 0.1) is 10.4 Å². The van der Waals surface area contributed by atoms with Gasteiger partial charge in [-0.3, -0.25) is 0 Å². The van der Waals surface area contributed by atoms with Gasteiger partial charge in [0.05, 0.1) is 5.56 Å². The number of fused-ring (bicyclic) bond motifs is 4. The predicted octanol–water partition coefficient (Wildman–Crippen LogP) is 4.23. The lowest BCUT2D eigenvalue weighted by molar-refractivity contribution is -0.137. The molecule has 0 spiro atoms. The summed E-state index contributed by atoms with van der Waals surface area (Å²) >= 11 is 0. The summed E-state index contributed by atoms with van der Waals surface area (Å²) in [7, 11) is 0. The molecule has 124 valence electrons. The van der Waals surface area contributed by atoms with E-state index in [-0.39, 0.29) is 0 Å². The summed E-state index contributed by atoms with van der Waals surface area (Å²) in [4.78, 5) is 0. The minimum Gasteiger partial charge on any atom is -0.166 e. The highest BCUT2D eigenvalue weighted by Crippen LogP contribution is 2.28. The van der Waals surface area contributed by atoms with Crippen LogP contribution in [0.15, 0.2) is 30.3 Å². The first kappa shape index (κ1) is 15.5. The molecule has 0 atom stereocenters. The Balaban J connectivity index is 2.06. The summed E-state index contributed by atoms with van der Waals surface area (Å²) in [5.74, 6) is 0. The van der Waals surface area contributed by atoms with Gasteiger partial charge in [-0.05, 0) is 76.2 Å². The van der Waals surface area contributed by atoms with E-state index in [0.29, 0.717) is 5.22 Å². The molecule has 0 bridgehead atoms. The second kappa shape index (κ2) is 5.51. The molecule has 0 N–H and O–H groups in total. The van der Waals surface area contributed by atoms with Gasteiger partial charge in [0.2, 0.25) is 0 Å². The van der Waals surface area contributed by atoms with Gasteiger partial charge in [0.25, 0.3) is 0 Å². The van der Waals surface area contributed by atoms with E-state index in [1.54, 1.807) is 6.07 Å². The summed E-state index contributed by atoms with van der Waals surface area (Å²) in [5, 5.41) is 4.12. The Morgan fingerprint density at radius 2 is 1.67 bits per heavy atom. The Labute approximate surface area is 138 Å². The quantitative estimate of drug-likeness (QED) is 0.735. The standard InChI is InChI=1S/C21H19F3/c1-2-13-4-3-5-18-16(13)10-11-19-17-9-7-15(21(22,23)24)12-14(17)6-8-20(18)19/h6-7,9-12H,2-5,8H2,1H3. The Bertz CT molecular complexity index is 1030. The molecule has 0 saturated heterocycles. The largest absolute Gasteiger partial charge is 0.416 e. The van der Waals surface area contributed by atoms with Crippen molar-refractivity contribution in [3.63, 3.8) is 0 Å². The molecular formula is C21H19F3. The van der Waals surface area contributed by atoms with Gasteiger partial charge < -0.3 is 0 Å². The molecule has 0 nitrogen and oxygen atoms in total. The summed E-state index contributed by atoms with van der Waals surface area (Å²) in [5.41, 5.74) is 3.67. The molecule has 0 fully saturated rings. The predicted molar refractivity (Wildman–Crippen MR) is 89.6 cm³/mol. The topological polar surface area (TPSA) is 0 Å². The first-order valence-electron chi connectivity index (χ1n) is 8.53. The molecule has 2 aromatic rings.